The van der Waals surface area contributed by atoms with Gasteiger partial charge in [0.25, 0.3) is 0 Å². The molecule has 0 saturated heterocycles. The van der Waals surface area contributed by atoms with E-state index >= 15 is 0 Å². The molecule has 0 spiro atoms. The van der Waals surface area contributed by atoms with E-state index in [1.54, 1.807) is 20.8 Å². The van der Waals surface area contributed by atoms with Crippen LogP contribution in [0.2, 0.25) is 0 Å². The number of ether oxygens (including phenoxy) is 1. The highest BCUT2D eigenvalue weighted by Crippen LogP contribution is 2.54. The van der Waals surface area contributed by atoms with Gasteiger partial charge in [-0.1, -0.05) is 18.5 Å². The summed E-state index contributed by atoms with van der Waals surface area (Å²) in [5.41, 5.74) is -1.92. The monoisotopic (exact) mass is 294 g/mol. The van der Waals surface area contributed by atoms with Gasteiger partial charge in [0.05, 0.1) is 0 Å². The molecule has 3 nitrogen and oxygen atoms in total. The fraction of sp³-hybridized carbons (Fsp3) is 0.833. The molecule has 1 fully saturated rings. The van der Waals surface area contributed by atoms with Crippen molar-refractivity contribution in [1.82, 2.24) is 0 Å². The summed E-state index contributed by atoms with van der Waals surface area (Å²) in [6, 6.07) is 0. The number of carbonyl (C=O) groups excluding carboxylic acids is 2. The summed E-state index contributed by atoms with van der Waals surface area (Å²) in [5.74, 6) is -0.483. The second-order valence-corrected chi connectivity index (χ2v) is 8.24. The number of hydrogen-bond acceptors (Lipinski definition) is 3. The van der Waals surface area contributed by atoms with Crippen molar-refractivity contribution in [2.45, 2.75) is 57.2 Å². The van der Waals surface area contributed by atoms with Gasteiger partial charge in [-0.05, 0) is 33.6 Å². The molecule has 0 aromatic rings. The highest BCUT2D eigenvalue weighted by atomic mass is 31.1. The number of esters is 1. The van der Waals surface area contributed by atoms with E-state index in [2.05, 4.69) is 0 Å². The molecule has 18 heavy (non-hydrogen) atoms. The number of rotatable bonds is 2. The van der Waals surface area contributed by atoms with Crippen molar-refractivity contribution in [2.24, 2.45) is 5.41 Å². The number of alkyl halides is 1. The molecule has 104 valence electrons. The molecule has 2 unspecified atom stereocenters. The second-order valence-electron chi connectivity index (χ2n) is 5.89. The number of hydrogen-bond donors (Lipinski definition) is 0. The van der Waals surface area contributed by atoms with Gasteiger partial charge in [0.15, 0.2) is 5.15 Å². The van der Waals surface area contributed by atoms with Crippen LogP contribution in [0.15, 0.2) is 0 Å². The van der Waals surface area contributed by atoms with Crippen LogP contribution in [0.3, 0.4) is 0 Å². The molecule has 0 aromatic heterocycles. The summed E-state index contributed by atoms with van der Waals surface area (Å²) < 4.78 is 19.7. The minimum absolute atomic E-state index is 0.0773. The van der Waals surface area contributed by atoms with E-state index in [9.17, 15) is 14.0 Å². The summed E-state index contributed by atoms with van der Waals surface area (Å²) in [4.78, 5) is 23.6. The van der Waals surface area contributed by atoms with Crippen LogP contribution >= 0.6 is 18.5 Å². The van der Waals surface area contributed by atoms with Crippen LogP contribution in [-0.4, -0.2) is 22.5 Å². The minimum Gasteiger partial charge on any atom is -0.459 e. The van der Waals surface area contributed by atoms with Crippen LogP contribution in [0.25, 0.3) is 0 Å². The molecular weight excluding hydrogens is 273 g/mol. The lowest BCUT2D eigenvalue weighted by atomic mass is 9.74. The number of carbonyl (C=O) groups is 2. The van der Waals surface area contributed by atoms with Crippen LogP contribution < -0.4 is 0 Å². The quantitative estimate of drug-likeness (QED) is 0.581. The first-order valence-electron chi connectivity index (χ1n) is 6.00. The van der Waals surface area contributed by atoms with Gasteiger partial charge in [0.2, 0.25) is 0 Å². The second kappa shape index (κ2) is 5.13. The Labute approximate surface area is 112 Å². The third-order valence-electron chi connectivity index (χ3n) is 3.18. The Hall–Kier alpha value is -0.0700. The Morgan fingerprint density at radius 2 is 1.72 bits per heavy atom. The summed E-state index contributed by atoms with van der Waals surface area (Å²) >= 11 is 0. The van der Waals surface area contributed by atoms with Crippen molar-refractivity contribution in [3.63, 3.8) is 0 Å². The largest absolute Gasteiger partial charge is 0.459 e. The first kappa shape index (κ1) is 16.0. The Balaban J connectivity index is 3.00. The average molecular weight is 294 g/mol. The van der Waals surface area contributed by atoms with Crippen molar-refractivity contribution >= 4 is 30.2 Å². The molecule has 0 radical (unpaired) electrons. The van der Waals surface area contributed by atoms with Gasteiger partial charge in [-0.15, -0.1) is 0 Å². The Morgan fingerprint density at radius 3 is 2.06 bits per heavy atom. The first-order valence-corrected chi connectivity index (χ1v) is 7.15. The maximum absolute atomic E-state index is 14.4. The lowest BCUT2D eigenvalue weighted by Gasteiger charge is -2.42. The van der Waals surface area contributed by atoms with Crippen molar-refractivity contribution in [3.05, 3.63) is 0 Å². The molecule has 6 heteroatoms. The van der Waals surface area contributed by atoms with Gasteiger partial charge >= 0.3 is 5.97 Å². The zero-order valence-electron chi connectivity index (χ0n) is 11.1. The molecule has 0 aliphatic heterocycles. The predicted molar refractivity (Wildman–Crippen MR) is 75.0 cm³/mol. The van der Waals surface area contributed by atoms with E-state index in [4.69, 9.17) is 4.74 Å². The number of Topliss-reactive ketones (excluding diaryl/α,β-unsaturated/α-hetero) is 1. The normalized spacial score (nSPS) is 20.7. The van der Waals surface area contributed by atoms with Crippen LogP contribution in [0.4, 0.5) is 4.39 Å². The fourth-order valence-corrected chi connectivity index (χ4v) is 2.89. The molecular formula is C12H21FO3P2. The third kappa shape index (κ3) is 3.48. The maximum atomic E-state index is 14.4. The topological polar surface area (TPSA) is 43.4 Å². The smallest absolute Gasteiger partial charge is 0.316 e. The average Bonchev–Trinajstić information content (AvgIpc) is 2.14. The SMILES string of the molecule is CC(C)(C)OC(=O)C1(C(F)(P)P)CCC(=O)CC1. The molecule has 0 bridgehead atoms. The number of halogens is 1. The van der Waals surface area contributed by atoms with Crippen LogP contribution in [0, 0.1) is 5.41 Å². The van der Waals surface area contributed by atoms with Crippen molar-refractivity contribution in [2.75, 3.05) is 0 Å². The van der Waals surface area contributed by atoms with Gasteiger partial charge in [0, 0.05) is 12.8 Å². The minimum atomic E-state index is -1.85. The molecule has 1 rings (SSSR count). The van der Waals surface area contributed by atoms with Crippen LogP contribution in [0.5, 0.6) is 0 Å². The molecule has 1 aliphatic rings. The Morgan fingerprint density at radius 1 is 1.28 bits per heavy atom. The zero-order chi connectivity index (χ0) is 14.2. The van der Waals surface area contributed by atoms with E-state index < -0.39 is 22.1 Å². The van der Waals surface area contributed by atoms with E-state index in [1.807, 2.05) is 18.5 Å². The standard InChI is InChI=1S/C12H21FO3P2/c1-10(2,3)16-9(15)11(12(13,17)18)6-4-8(14)5-7-11/h4-7,17-18H2,1-3H3. The third-order valence-corrected chi connectivity index (χ3v) is 4.29. The lowest BCUT2D eigenvalue weighted by molar-refractivity contribution is -0.173. The van der Waals surface area contributed by atoms with Crippen molar-refractivity contribution < 1.29 is 18.7 Å². The van der Waals surface area contributed by atoms with Crippen LogP contribution in [-0.2, 0) is 14.3 Å². The van der Waals surface area contributed by atoms with Gasteiger partial charge in [-0.2, -0.15) is 0 Å². The Bertz CT molecular complexity index is 345. The first-order chi connectivity index (χ1) is 7.98. The van der Waals surface area contributed by atoms with Crippen molar-refractivity contribution in [1.29, 1.82) is 0 Å². The van der Waals surface area contributed by atoms with Gasteiger partial charge < -0.3 is 4.74 Å². The number of ketones is 1. The highest BCUT2D eigenvalue weighted by Gasteiger charge is 2.55. The summed E-state index contributed by atoms with van der Waals surface area (Å²) in [7, 11) is 4.10. The molecule has 1 aliphatic carbocycles. The molecule has 2 atom stereocenters. The van der Waals surface area contributed by atoms with Gasteiger partial charge in [-0.3, -0.25) is 9.59 Å². The van der Waals surface area contributed by atoms with E-state index in [1.165, 1.54) is 0 Å². The molecule has 1 saturated carbocycles. The summed E-state index contributed by atoms with van der Waals surface area (Å²) in [5, 5.41) is -1.85. The lowest BCUT2D eigenvalue weighted by Crippen LogP contribution is -2.48. The molecule has 0 N–H and O–H groups in total. The molecule has 0 heterocycles. The summed E-state index contributed by atoms with van der Waals surface area (Å²) in [6.45, 7) is 5.24. The summed E-state index contributed by atoms with van der Waals surface area (Å²) in [6.07, 6.45) is 0.857. The van der Waals surface area contributed by atoms with Gasteiger partial charge in [-0.25, -0.2) is 4.39 Å². The maximum Gasteiger partial charge on any atom is 0.316 e. The molecule has 0 aromatic carbocycles. The predicted octanol–water partition coefficient (Wildman–Crippen LogP) is 2.83. The van der Waals surface area contributed by atoms with E-state index in [0.717, 1.165) is 0 Å². The Kier molecular flexibility index (Phi) is 4.56. The van der Waals surface area contributed by atoms with Gasteiger partial charge in [0.1, 0.15) is 16.8 Å². The highest BCUT2D eigenvalue weighted by molar-refractivity contribution is 7.39. The van der Waals surface area contributed by atoms with Crippen molar-refractivity contribution in [3.8, 4) is 0 Å². The zero-order valence-corrected chi connectivity index (χ0v) is 13.4. The van der Waals surface area contributed by atoms with Crippen LogP contribution in [0.1, 0.15) is 46.5 Å². The van der Waals surface area contributed by atoms with E-state index in [0.29, 0.717) is 0 Å². The van der Waals surface area contributed by atoms with E-state index in [-0.39, 0.29) is 31.5 Å². The molecule has 0 amide bonds. The fourth-order valence-electron chi connectivity index (χ4n) is 2.08.